The van der Waals surface area contributed by atoms with Crippen molar-refractivity contribution in [1.82, 2.24) is 10.2 Å². The normalized spacial score (nSPS) is 11.9. The highest BCUT2D eigenvalue weighted by Crippen LogP contribution is 2.27. The first kappa shape index (κ1) is 25.5. The monoisotopic (exact) mass is 528 g/mol. The molecule has 5 nitrogen and oxygen atoms in total. The minimum Gasteiger partial charge on any atom is -0.484 e. The van der Waals surface area contributed by atoms with Gasteiger partial charge in [0.25, 0.3) is 5.91 Å². The number of aryl methyl sites for hydroxylation is 1. The first-order valence-corrected chi connectivity index (χ1v) is 11.5. The van der Waals surface area contributed by atoms with E-state index in [9.17, 15) is 9.59 Å². The van der Waals surface area contributed by atoms with Crippen LogP contribution in [0.15, 0.2) is 40.9 Å². The van der Waals surface area contributed by atoms with Gasteiger partial charge in [0.1, 0.15) is 11.8 Å². The molecule has 2 aromatic carbocycles. The lowest BCUT2D eigenvalue weighted by Crippen LogP contribution is -2.49. The molecule has 2 rings (SSSR count). The second kappa shape index (κ2) is 11.7. The number of halogens is 3. The predicted molar refractivity (Wildman–Crippen MR) is 129 cm³/mol. The lowest BCUT2D eigenvalue weighted by Gasteiger charge is -2.29. The minimum atomic E-state index is -0.728. The number of benzene rings is 2. The van der Waals surface area contributed by atoms with Crippen molar-refractivity contribution in [2.75, 3.05) is 13.2 Å². The predicted octanol–water partition coefficient (Wildman–Crippen LogP) is 5.63. The van der Waals surface area contributed by atoms with E-state index in [1.807, 2.05) is 32.9 Å². The van der Waals surface area contributed by atoms with Crippen molar-refractivity contribution in [2.24, 2.45) is 5.92 Å². The highest BCUT2D eigenvalue weighted by molar-refractivity contribution is 9.10. The Bertz CT molecular complexity index is 917. The average molecular weight is 530 g/mol. The molecular formula is C23H27BrCl2N2O3. The highest BCUT2D eigenvalue weighted by Gasteiger charge is 2.28. The molecule has 0 saturated carbocycles. The summed E-state index contributed by atoms with van der Waals surface area (Å²) in [6.07, 6.45) is 0. The highest BCUT2D eigenvalue weighted by atomic mass is 79.9. The molecule has 168 valence electrons. The number of rotatable bonds is 9. The molecule has 0 spiro atoms. The van der Waals surface area contributed by atoms with E-state index < -0.39 is 6.04 Å². The maximum atomic E-state index is 13.1. The maximum Gasteiger partial charge on any atom is 0.261 e. The molecule has 2 aromatic rings. The van der Waals surface area contributed by atoms with Gasteiger partial charge in [0.2, 0.25) is 5.91 Å². The number of hydrogen-bond acceptors (Lipinski definition) is 3. The van der Waals surface area contributed by atoms with E-state index in [1.165, 1.54) is 4.90 Å². The SMILES string of the molecule is Cc1cc(OCC(=O)N(Cc2c(Cl)cccc2Cl)[C@H](C)C(=O)NCC(C)C)ccc1Br. The lowest BCUT2D eigenvalue weighted by molar-refractivity contribution is -0.142. The summed E-state index contributed by atoms with van der Waals surface area (Å²) in [7, 11) is 0. The van der Waals surface area contributed by atoms with Gasteiger partial charge in [0.15, 0.2) is 6.61 Å². The maximum absolute atomic E-state index is 13.1. The number of hydrogen-bond donors (Lipinski definition) is 1. The fourth-order valence-electron chi connectivity index (χ4n) is 2.82. The van der Waals surface area contributed by atoms with Crippen molar-refractivity contribution in [3.8, 4) is 5.75 Å². The van der Waals surface area contributed by atoms with Gasteiger partial charge in [-0.2, -0.15) is 0 Å². The number of ether oxygens (including phenoxy) is 1. The van der Waals surface area contributed by atoms with Crippen LogP contribution in [0.25, 0.3) is 0 Å². The standard InChI is InChI=1S/C23H27BrCl2N2O3/c1-14(2)11-27-23(30)16(4)28(12-18-20(25)6-5-7-21(18)26)22(29)13-31-17-8-9-19(24)15(3)10-17/h5-10,14,16H,11-13H2,1-4H3,(H,27,30)/t16-/m1/s1. The Morgan fingerprint density at radius 1 is 1.13 bits per heavy atom. The lowest BCUT2D eigenvalue weighted by atomic mass is 10.1. The summed E-state index contributed by atoms with van der Waals surface area (Å²) in [4.78, 5) is 27.2. The van der Waals surface area contributed by atoms with Crippen LogP contribution < -0.4 is 10.1 Å². The van der Waals surface area contributed by atoms with Crippen LogP contribution in [0, 0.1) is 12.8 Å². The molecule has 0 fully saturated rings. The summed E-state index contributed by atoms with van der Waals surface area (Å²) in [6, 6.07) is 9.89. The summed E-state index contributed by atoms with van der Waals surface area (Å²) in [5.74, 6) is 0.275. The summed E-state index contributed by atoms with van der Waals surface area (Å²) >= 11 is 16.1. The number of amides is 2. The van der Waals surface area contributed by atoms with Gasteiger partial charge in [-0.05, 0) is 55.7 Å². The van der Waals surface area contributed by atoms with Crippen LogP contribution in [0.4, 0.5) is 0 Å². The zero-order valence-corrected chi connectivity index (χ0v) is 21.1. The Balaban J connectivity index is 2.21. The molecule has 1 atom stereocenters. The van der Waals surface area contributed by atoms with E-state index in [4.69, 9.17) is 27.9 Å². The van der Waals surface area contributed by atoms with E-state index in [2.05, 4.69) is 21.2 Å². The third kappa shape index (κ3) is 7.41. The zero-order chi connectivity index (χ0) is 23.1. The fraction of sp³-hybridized carbons (Fsp3) is 0.391. The summed E-state index contributed by atoms with van der Waals surface area (Å²) < 4.78 is 6.66. The molecule has 2 amide bonds. The van der Waals surface area contributed by atoms with Gasteiger partial charge in [0.05, 0.1) is 0 Å². The van der Waals surface area contributed by atoms with Crippen LogP contribution >= 0.6 is 39.1 Å². The Labute approximate surface area is 202 Å². The molecular weight excluding hydrogens is 503 g/mol. The van der Waals surface area contributed by atoms with E-state index in [0.717, 1.165) is 10.0 Å². The Kier molecular flexibility index (Phi) is 9.66. The van der Waals surface area contributed by atoms with Crippen molar-refractivity contribution in [3.63, 3.8) is 0 Å². The summed E-state index contributed by atoms with van der Waals surface area (Å²) in [5.41, 5.74) is 1.58. The zero-order valence-electron chi connectivity index (χ0n) is 18.0. The van der Waals surface area contributed by atoms with Gasteiger partial charge in [-0.3, -0.25) is 9.59 Å². The molecule has 0 saturated heterocycles. The second-order valence-corrected chi connectivity index (χ2v) is 9.41. The smallest absolute Gasteiger partial charge is 0.261 e. The largest absolute Gasteiger partial charge is 0.484 e. The van der Waals surface area contributed by atoms with Crippen LogP contribution in [0.5, 0.6) is 5.75 Å². The first-order chi connectivity index (χ1) is 14.6. The molecule has 8 heteroatoms. The summed E-state index contributed by atoms with van der Waals surface area (Å²) in [5, 5.41) is 3.74. The molecule has 0 aliphatic rings. The van der Waals surface area contributed by atoms with E-state index in [-0.39, 0.29) is 25.0 Å². The van der Waals surface area contributed by atoms with Crippen LogP contribution in [0.3, 0.4) is 0 Å². The summed E-state index contributed by atoms with van der Waals surface area (Å²) in [6.45, 7) is 8.03. The van der Waals surface area contributed by atoms with Gasteiger partial charge in [-0.25, -0.2) is 0 Å². The van der Waals surface area contributed by atoms with Crippen LogP contribution in [0.2, 0.25) is 10.0 Å². The van der Waals surface area contributed by atoms with E-state index in [1.54, 1.807) is 31.2 Å². The molecule has 0 radical (unpaired) electrons. The van der Waals surface area contributed by atoms with Gasteiger partial charge >= 0.3 is 0 Å². The van der Waals surface area contributed by atoms with Crippen molar-refractivity contribution in [1.29, 1.82) is 0 Å². The van der Waals surface area contributed by atoms with Crippen molar-refractivity contribution in [3.05, 3.63) is 62.0 Å². The van der Waals surface area contributed by atoms with E-state index in [0.29, 0.717) is 33.8 Å². The van der Waals surface area contributed by atoms with Gasteiger partial charge in [-0.1, -0.05) is 59.0 Å². The average Bonchev–Trinajstić information content (AvgIpc) is 2.72. The molecule has 0 aromatic heterocycles. The van der Waals surface area contributed by atoms with Gasteiger partial charge < -0.3 is 15.0 Å². The minimum absolute atomic E-state index is 0.0936. The van der Waals surface area contributed by atoms with Crippen molar-refractivity contribution in [2.45, 2.75) is 40.3 Å². The second-order valence-electron chi connectivity index (χ2n) is 7.74. The topological polar surface area (TPSA) is 58.6 Å². The number of nitrogens with zero attached hydrogens (tertiary/aromatic N) is 1. The van der Waals surface area contributed by atoms with E-state index >= 15 is 0 Å². The third-order valence-corrected chi connectivity index (χ3v) is 6.33. The Morgan fingerprint density at radius 2 is 1.77 bits per heavy atom. The number of nitrogens with one attached hydrogen (secondary N) is 1. The molecule has 0 bridgehead atoms. The number of carbonyl (C=O) groups is 2. The van der Waals surface area contributed by atoms with Crippen LogP contribution in [0.1, 0.15) is 31.9 Å². The fourth-order valence-corrected chi connectivity index (χ4v) is 3.59. The Morgan fingerprint density at radius 3 is 2.35 bits per heavy atom. The van der Waals surface area contributed by atoms with Crippen LogP contribution in [-0.2, 0) is 16.1 Å². The molecule has 0 aliphatic carbocycles. The van der Waals surface area contributed by atoms with Gasteiger partial charge in [0, 0.05) is 33.2 Å². The third-order valence-electron chi connectivity index (χ3n) is 4.73. The molecule has 1 N–H and O–H groups in total. The molecule has 0 unspecified atom stereocenters. The molecule has 0 heterocycles. The van der Waals surface area contributed by atoms with Crippen LogP contribution in [-0.4, -0.2) is 35.9 Å². The molecule has 0 aliphatic heterocycles. The number of carbonyl (C=O) groups excluding carboxylic acids is 2. The van der Waals surface area contributed by atoms with Crippen molar-refractivity contribution >= 4 is 50.9 Å². The van der Waals surface area contributed by atoms with Crippen molar-refractivity contribution < 1.29 is 14.3 Å². The quantitative estimate of drug-likeness (QED) is 0.457. The van der Waals surface area contributed by atoms with Gasteiger partial charge in [-0.15, -0.1) is 0 Å². The molecule has 31 heavy (non-hydrogen) atoms. The Hall–Kier alpha value is -1.76. The first-order valence-electron chi connectivity index (χ1n) is 9.99.